The highest BCUT2D eigenvalue weighted by Gasteiger charge is 2.27. The maximum atomic E-state index is 13.4. The van der Waals surface area contributed by atoms with Crippen LogP contribution in [0.3, 0.4) is 0 Å². The number of carbonyl (C=O) groups is 1. The smallest absolute Gasteiger partial charge is 0.264 e. The van der Waals surface area contributed by atoms with Crippen molar-refractivity contribution in [2.45, 2.75) is 24.8 Å². The first-order valence-electron chi connectivity index (χ1n) is 9.99. The number of amides is 1. The van der Waals surface area contributed by atoms with Gasteiger partial charge in [0.15, 0.2) is 0 Å². The first-order valence-corrected chi connectivity index (χ1v) is 11.4. The Hall–Kier alpha value is -3.39. The van der Waals surface area contributed by atoms with Gasteiger partial charge in [-0.25, -0.2) is 12.8 Å². The van der Waals surface area contributed by atoms with Crippen LogP contribution in [0.2, 0.25) is 0 Å². The van der Waals surface area contributed by atoms with Gasteiger partial charge in [-0.15, -0.1) is 0 Å². The Labute approximate surface area is 187 Å². The topological polar surface area (TPSA) is 75.7 Å². The first-order chi connectivity index (χ1) is 15.2. The van der Waals surface area contributed by atoms with Crippen molar-refractivity contribution in [3.05, 3.63) is 89.7 Å². The van der Waals surface area contributed by atoms with E-state index in [1.54, 1.807) is 55.5 Å². The molecule has 1 N–H and O–H groups in total. The fourth-order valence-corrected chi connectivity index (χ4v) is 4.57. The summed E-state index contributed by atoms with van der Waals surface area (Å²) in [5.41, 5.74) is 1.96. The molecule has 0 saturated carbocycles. The molecule has 0 saturated heterocycles. The number of halogens is 1. The molecule has 8 heteroatoms. The van der Waals surface area contributed by atoms with Crippen molar-refractivity contribution in [2.24, 2.45) is 0 Å². The Kier molecular flexibility index (Phi) is 7.15. The van der Waals surface area contributed by atoms with Crippen LogP contribution in [0.25, 0.3) is 0 Å². The van der Waals surface area contributed by atoms with E-state index in [9.17, 15) is 17.6 Å². The van der Waals surface area contributed by atoms with Crippen LogP contribution >= 0.6 is 0 Å². The molecular weight excluding hydrogens is 431 g/mol. The highest BCUT2D eigenvalue weighted by Crippen LogP contribution is 2.26. The van der Waals surface area contributed by atoms with Crippen molar-refractivity contribution in [1.29, 1.82) is 0 Å². The first kappa shape index (κ1) is 23.3. The van der Waals surface area contributed by atoms with Crippen LogP contribution in [0.15, 0.2) is 77.7 Å². The maximum Gasteiger partial charge on any atom is 0.264 e. The number of carbonyl (C=O) groups excluding carboxylic acids is 1. The number of benzene rings is 3. The molecule has 0 spiro atoms. The second-order valence-electron chi connectivity index (χ2n) is 7.36. The zero-order valence-electron chi connectivity index (χ0n) is 18.1. The molecule has 0 aliphatic carbocycles. The van der Waals surface area contributed by atoms with Crippen molar-refractivity contribution in [1.82, 2.24) is 5.32 Å². The number of aryl methyl sites for hydroxylation is 1. The van der Waals surface area contributed by atoms with E-state index >= 15 is 0 Å². The van der Waals surface area contributed by atoms with E-state index in [4.69, 9.17) is 4.74 Å². The molecule has 32 heavy (non-hydrogen) atoms. The summed E-state index contributed by atoms with van der Waals surface area (Å²) in [4.78, 5) is 12.9. The molecule has 3 aromatic carbocycles. The summed E-state index contributed by atoms with van der Waals surface area (Å²) in [5.74, 6) is -0.300. The molecule has 6 nitrogen and oxygen atoms in total. The van der Waals surface area contributed by atoms with Gasteiger partial charge in [-0.3, -0.25) is 9.10 Å². The molecule has 0 unspecified atom stereocenters. The Morgan fingerprint density at radius 3 is 2.16 bits per heavy atom. The van der Waals surface area contributed by atoms with Gasteiger partial charge in [0, 0.05) is 0 Å². The van der Waals surface area contributed by atoms with Crippen LogP contribution in [-0.4, -0.2) is 28.0 Å². The highest BCUT2D eigenvalue weighted by molar-refractivity contribution is 7.92. The second-order valence-corrected chi connectivity index (χ2v) is 9.23. The molecule has 0 fully saturated rings. The molecular formula is C24H25FN2O4S. The van der Waals surface area contributed by atoms with Gasteiger partial charge in [-0.2, -0.15) is 0 Å². The lowest BCUT2D eigenvalue weighted by Gasteiger charge is -2.25. The summed E-state index contributed by atoms with van der Waals surface area (Å²) in [6.45, 7) is 3.19. The normalized spacial score (nSPS) is 12.1. The molecule has 0 heterocycles. The van der Waals surface area contributed by atoms with Gasteiger partial charge in [0.25, 0.3) is 10.0 Å². The molecule has 168 valence electrons. The van der Waals surface area contributed by atoms with Gasteiger partial charge >= 0.3 is 0 Å². The number of ether oxygens (including phenoxy) is 1. The van der Waals surface area contributed by atoms with Crippen molar-refractivity contribution in [3.8, 4) is 5.75 Å². The summed E-state index contributed by atoms with van der Waals surface area (Å²) < 4.78 is 46.2. The van der Waals surface area contributed by atoms with Crippen LogP contribution in [0.5, 0.6) is 5.75 Å². The van der Waals surface area contributed by atoms with E-state index in [-0.39, 0.29) is 10.7 Å². The number of rotatable bonds is 8. The Balaban J connectivity index is 1.88. The van der Waals surface area contributed by atoms with Crippen molar-refractivity contribution in [2.75, 3.05) is 18.0 Å². The fraction of sp³-hybridized carbons (Fsp3) is 0.208. The van der Waals surface area contributed by atoms with Crippen LogP contribution in [0.1, 0.15) is 24.1 Å². The third-order valence-electron chi connectivity index (χ3n) is 5.00. The van der Waals surface area contributed by atoms with Crippen LogP contribution in [-0.2, 0) is 14.8 Å². The van der Waals surface area contributed by atoms with E-state index in [1.807, 2.05) is 6.92 Å². The maximum absolute atomic E-state index is 13.4. The lowest BCUT2D eigenvalue weighted by Crippen LogP contribution is -2.41. The molecule has 0 aliphatic heterocycles. The minimum atomic E-state index is -4.01. The van der Waals surface area contributed by atoms with Crippen LogP contribution in [0.4, 0.5) is 10.1 Å². The standard InChI is InChI=1S/C24H25FN2O4S/c1-17-4-14-23(15-5-17)32(29,30)27(21-10-12-22(31-3)13-11-21)16-24(28)26-18(2)19-6-8-20(25)9-7-19/h4-15,18H,16H2,1-3H3,(H,26,28)/t18-/m1/s1. The molecule has 0 aliphatic rings. The summed E-state index contributed by atoms with van der Waals surface area (Å²) in [6, 6.07) is 18.2. The SMILES string of the molecule is COc1ccc(N(CC(=O)N[C@H](C)c2ccc(F)cc2)S(=O)(=O)c2ccc(C)cc2)cc1. The zero-order valence-corrected chi connectivity index (χ0v) is 18.9. The molecule has 0 bridgehead atoms. The molecule has 1 atom stereocenters. The van der Waals surface area contributed by atoms with E-state index in [0.717, 1.165) is 9.87 Å². The predicted octanol–water partition coefficient (Wildman–Crippen LogP) is 4.22. The van der Waals surface area contributed by atoms with Gasteiger partial charge in [0.2, 0.25) is 5.91 Å². The molecule has 3 aromatic rings. The summed E-state index contributed by atoms with van der Waals surface area (Å²) >= 11 is 0. The van der Waals surface area contributed by atoms with Gasteiger partial charge in [0.1, 0.15) is 18.1 Å². The van der Waals surface area contributed by atoms with E-state index < -0.39 is 28.5 Å². The largest absolute Gasteiger partial charge is 0.497 e. The quantitative estimate of drug-likeness (QED) is 0.551. The Bertz CT molecular complexity index is 1160. The van der Waals surface area contributed by atoms with Crippen molar-refractivity contribution in [3.63, 3.8) is 0 Å². The number of methoxy groups -OCH3 is 1. The average Bonchev–Trinajstić information content (AvgIpc) is 2.78. The number of anilines is 1. The number of hydrogen-bond acceptors (Lipinski definition) is 4. The van der Waals surface area contributed by atoms with Gasteiger partial charge in [-0.05, 0) is 67.9 Å². The van der Waals surface area contributed by atoms with Crippen molar-refractivity contribution < 1.29 is 22.3 Å². The van der Waals surface area contributed by atoms with Crippen LogP contribution in [0, 0.1) is 12.7 Å². The lowest BCUT2D eigenvalue weighted by atomic mass is 10.1. The Morgan fingerprint density at radius 1 is 1.00 bits per heavy atom. The third kappa shape index (κ3) is 5.45. The van der Waals surface area contributed by atoms with Gasteiger partial charge in [0.05, 0.1) is 23.7 Å². The lowest BCUT2D eigenvalue weighted by molar-refractivity contribution is -0.120. The monoisotopic (exact) mass is 456 g/mol. The minimum absolute atomic E-state index is 0.0818. The van der Waals surface area contributed by atoms with E-state index in [2.05, 4.69) is 5.32 Å². The average molecular weight is 457 g/mol. The molecule has 0 radical (unpaired) electrons. The van der Waals surface area contributed by atoms with E-state index in [1.165, 1.54) is 31.4 Å². The number of hydrogen-bond donors (Lipinski definition) is 1. The number of nitrogens with zero attached hydrogens (tertiary/aromatic N) is 1. The van der Waals surface area contributed by atoms with Gasteiger partial charge < -0.3 is 10.1 Å². The summed E-state index contributed by atoms with van der Waals surface area (Å²) in [6.07, 6.45) is 0. The van der Waals surface area contributed by atoms with E-state index in [0.29, 0.717) is 17.0 Å². The fourth-order valence-electron chi connectivity index (χ4n) is 3.15. The summed E-state index contributed by atoms with van der Waals surface area (Å²) in [5, 5.41) is 2.78. The Morgan fingerprint density at radius 2 is 1.59 bits per heavy atom. The minimum Gasteiger partial charge on any atom is -0.497 e. The molecule has 0 aromatic heterocycles. The predicted molar refractivity (Wildman–Crippen MR) is 122 cm³/mol. The van der Waals surface area contributed by atoms with Gasteiger partial charge in [-0.1, -0.05) is 29.8 Å². The highest BCUT2D eigenvalue weighted by atomic mass is 32.2. The summed E-state index contributed by atoms with van der Waals surface area (Å²) in [7, 11) is -2.50. The molecule has 3 rings (SSSR count). The van der Waals surface area contributed by atoms with Crippen LogP contribution < -0.4 is 14.4 Å². The van der Waals surface area contributed by atoms with Crippen molar-refractivity contribution >= 4 is 21.6 Å². The third-order valence-corrected chi connectivity index (χ3v) is 6.79. The molecule has 1 amide bonds. The second kappa shape index (κ2) is 9.82. The zero-order chi connectivity index (χ0) is 23.3. The number of sulfonamides is 1. The number of nitrogens with one attached hydrogen (secondary N) is 1.